The SMILES string of the molecule is CCn1nc(C)c(NC(=O)c2c(Cl)cccc2Cl)c1C. The first-order valence-corrected chi connectivity index (χ1v) is 7.00. The minimum atomic E-state index is -0.331. The average molecular weight is 312 g/mol. The number of amides is 1. The molecule has 0 radical (unpaired) electrons. The lowest BCUT2D eigenvalue weighted by atomic mass is 10.2. The van der Waals surface area contributed by atoms with Gasteiger partial charge in [-0.2, -0.15) is 5.10 Å². The maximum atomic E-state index is 12.3. The lowest BCUT2D eigenvalue weighted by Crippen LogP contribution is -2.14. The number of hydrogen-bond acceptors (Lipinski definition) is 2. The molecule has 0 aliphatic heterocycles. The number of carbonyl (C=O) groups excluding carboxylic acids is 1. The largest absolute Gasteiger partial charge is 0.319 e. The summed E-state index contributed by atoms with van der Waals surface area (Å²) >= 11 is 12.1. The van der Waals surface area contributed by atoms with Crippen molar-refractivity contribution in [3.8, 4) is 0 Å². The highest BCUT2D eigenvalue weighted by Crippen LogP contribution is 2.27. The van der Waals surface area contributed by atoms with Crippen LogP contribution in [0.1, 0.15) is 28.7 Å². The lowest BCUT2D eigenvalue weighted by Gasteiger charge is -2.09. The summed E-state index contributed by atoms with van der Waals surface area (Å²) < 4.78 is 1.83. The fraction of sp³-hybridized carbons (Fsp3) is 0.286. The summed E-state index contributed by atoms with van der Waals surface area (Å²) in [5.74, 6) is -0.331. The Morgan fingerprint density at radius 1 is 1.30 bits per heavy atom. The molecule has 0 aliphatic carbocycles. The molecule has 6 heteroatoms. The minimum absolute atomic E-state index is 0.277. The van der Waals surface area contributed by atoms with E-state index in [1.807, 2.05) is 25.5 Å². The van der Waals surface area contributed by atoms with E-state index in [0.717, 1.165) is 17.9 Å². The first-order valence-electron chi connectivity index (χ1n) is 6.25. The summed E-state index contributed by atoms with van der Waals surface area (Å²) in [7, 11) is 0. The number of anilines is 1. The van der Waals surface area contributed by atoms with Crippen molar-refractivity contribution >= 4 is 34.8 Å². The first kappa shape index (κ1) is 14.9. The number of nitrogens with one attached hydrogen (secondary N) is 1. The van der Waals surface area contributed by atoms with Gasteiger partial charge in [0, 0.05) is 6.54 Å². The molecule has 1 heterocycles. The van der Waals surface area contributed by atoms with Crippen LogP contribution in [0.2, 0.25) is 10.0 Å². The van der Waals surface area contributed by atoms with Crippen molar-refractivity contribution in [3.05, 3.63) is 45.2 Å². The molecular weight excluding hydrogens is 297 g/mol. The van der Waals surface area contributed by atoms with Gasteiger partial charge in [0.1, 0.15) is 0 Å². The smallest absolute Gasteiger partial charge is 0.258 e. The van der Waals surface area contributed by atoms with Crippen molar-refractivity contribution in [2.45, 2.75) is 27.3 Å². The molecule has 2 aromatic rings. The normalized spacial score (nSPS) is 10.7. The Kier molecular flexibility index (Phi) is 4.35. The van der Waals surface area contributed by atoms with Gasteiger partial charge in [0.25, 0.3) is 5.91 Å². The van der Waals surface area contributed by atoms with Crippen LogP contribution in [0.5, 0.6) is 0 Å². The quantitative estimate of drug-likeness (QED) is 0.928. The van der Waals surface area contributed by atoms with Gasteiger partial charge in [-0.1, -0.05) is 29.3 Å². The number of halogens is 2. The monoisotopic (exact) mass is 311 g/mol. The van der Waals surface area contributed by atoms with Crippen molar-refractivity contribution in [1.29, 1.82) is 0 Å². The molecule has 0 bridgehead atoms. The summed E-state index contributed by atoms with van der Waals surface area (Å²) in [6, 6.07) is 4.97. The Morgan fingerprint density at radius 2 is 1.90 bits per heavy atom. The van der Waals surface area contributed by atoms with Crippen molar-refractivity contribution in [1.82, 2.24) is 9.78 Å². The highest BCUT2D eigenvalue weighted by Gasteiger charge is 2.18. The number of rotatable bonds is 3. The molecule has 1 N–H and O–H groups in total. The predicted octanol–water partition coefficient (Wildman–Crippen LogP) is 4.08. The molecule has 1 aromatic carbocycles. The molecule has 1 amide bonds. The third-order valence-electron chi connectivity index (χ3n) is 3.11. The summed E-state index contributed by atoms with van der Waals surface area (Å²) in [4.78, 5) is 12.3. The van der Waals surface area contributed by atoms with Crippen molar-refractivity contribution < 1.29 is 4.79 Å². The Balaban J connectivity index is 2.36. The van der Waals surface area contributed by atoms with E-state index < -0.39 is 0 Å². The molecule has 20 heavy (non-hydrogen) atoms. The van der Waals surface area contributed by atoms with Crippen LogP contribution in [-0.2, 0) is 6.54 Å². The number of benzene rings is 1. The van der Waals surface area contributed by atoms with Gasteiger partial charge >= 0.3 is 0 Å². The zero-order valence-corrected chi connectivity index (χ0v) is 13.0. The Labute approximate surface area is 127 Å². The van der Waals surface area contributed by atoms with Gasteiger partial charge in [-0.15, -0.1) is 0 Å². The topological polar surface area (TPSA) is 46.9 Å². The van der Waals surface area contributed by atoms with Gasteiger partial charge in [0.05, 0.1) is 32.7 Å². The van der Waals surface area contributed by atoms with E-state index in [2.05, 4.69) is 10.4 Å². The van der Waals surface area contributed by atoms with E-state index in [9.17, 15) is 4.79 Å². The molecule has 0 unspecified atom stereocenters. The molecule has 1 aromatic heterocycles. The summed E-state index contributed by atoms with van der Waals surface area (Å²) in [5.41, 5.74) is 2.65. The van der Waals surface area contributed by atoms with Crippen LogP contribution in [0.4, 0.5) is 5.69 Å². The molecule has 0 saturated carbocycles. The maximum Gasteiger partial charge on any atom is 0.258 e. The fourth-order valence-electron chi connectivity index (χ4n) is 2.08. The molecule has 0 saturated heterocycles. The van der Waals surface area contributed by atoms with Crippen molar-refractivity contribution in [2.75, 3.05) is 5.32 Å². The molecular formula is C14H15Cl2N3O. The van der Waals surface area contributed by atoms with E-state index in [1.54, 1.807) is 18.2 Å². The highest BCUT2D eigenvalue weighted by molar-refractivity contribution is 6.40. The first-order chi connectivity index (χ1) is 9.45. The summed E-state index contributed by atoms with van der Waals surface area (Å²) in [6.45, 7) is 6.50. The molecule has 0 atom stereocenters. The summed E-state index contributed by atoms with van der Waals surface area (Å²) in [5, 5.41) is 7.85. The molecule has 0 fully saturated rings. The zero-order chi connectivity index (χ0) is 14.9. The Morgan fingerprint density at radius 3 is 2.40 bits per heavy atom. The van der Waals surface area contributed by atoms with Crippen molar-refractivity contribution in [2.24, 2.45) is 0 Å². The predicted molar refractivity (Wildman–Crippen MR) is 81.8 cm³/mol. The van der Waals surface area contributed by atoms with Gasteiger partial charge in [-0.05, 0) is 32.9 Å². The van der Waals surface area contributed by atoms with E-state index in [-0.39, 0.29) is 11.5 Å². The second-order valence-corrected chi connectivity index (χ2v) is 5.23. The molecule has 0 spiro atoms. The third kappa shape index (κ3) is 2.67. The Hall–Kier alpha value is -1.52. The van der Waals surface area contributed by atoms with E-state index in [1.165, 1.54) is 0 Å². The number of nitrogens with zero attached hydrogens (tertiary/aromatic N) is 2. The van der Waals surface area contributed by atoms with Crippen LogP contribution in [-0.4, -0.2) is 15.7 Å². The van der Waals surface area contributed by atoms with E-state index >= 15 is 0 Å². The molecule has 2 rings (SSSR count). The Bertz CT molecular complexity index is 644. The average Bonchev–Trinajstić information content (AvgIpc) is 2.66. The minimum Gasteiger partial charge on any atom is -0.319 e. The number of aryl methyl sites for hydroxylation is 2. The number of aromatic nitrogens is 2. The van der Waals surface area contributed by atoms with E-state index in [4.69, 9.17) is 23.2 Å². The maximum absolute atomic E-state index is 12.3. The number of hydrogen-bond donors (Lipinski definition) is 1. The molecule has 4 nitrogen and oxygen atoms in total. The second kappa shape index (κ2) is 5.85. The van der Waals surface area contributed by atoms with Crippen molar-refractivity contribution in [3.63, 3.8) is 0 Å². The number of carbonyl (C=O) groups is 1. The van der Waals surface area contributed by atoms with Gasteiger partial charge in [0.15, 0.2) is 0 Å². The molecule has 106 valence electrons. The molecule has 0 aliphatic rings. The lowest BCUT2D eigenvalue weighted by molar-refractivity contribution is 0.102. The van der Waals surface area contributed by atoms with Gasteiger partial charge < -0.3 is 5.32 Å². The van der Waals surface area contributed by atoms with Crippen LogP contribution in [0.3, 0.4) is 0 Å². The third-order valence-corrected chi connectivity index (χ3v) is 3.74. The van der Waals surface area contributed by atoms with Gasteiger partial charge in [0.2, 0.25) is 0 Å². The standard InChI is InChI=1S/C14H15Cl2N3O/c1-4-19-9(3)13(8(2)18-19)17-14(20)12-10(15)6-5-7-11(12)16/h5-7H,4H2,1-3H3,(H,17,20). The van der Waals surface area contributed by atoms with Crippen LogP contribution < -0.4 is 5.32 Å². The van der Waals surface area contributed by atoms with Gasteiger partial charge in [-0.25, -0.2) is 0 Å². The van der Waals surface area contributed by atoms with Crippen LogP contribution >= 0.6 is 23.2 Å². The fourth-order valence-corrected chi connectivity index (χ4v) is 2.65. The van der Waals surface area contributed by atoms with Crippen LogP contribution in [0, 0.1) is 13.8 Å². The van der Waals surface area contributed by atoms with Crippen LogP contribution in [0.25, 0.3) is 0 Å². The van der Waals surface area contributed by atoms with Crippen LogP contribution in [0.15, 0.2) is 18.2 Å². The second-order valence-electron chi connectivity index (χ2n) is 4.41. The zero-order valence-electron chi connectivity index (χ0n) is 11.5. The highest BCUT2D eigenvalue weighted by atomic mass is 35.5. The summed E-state index contributed by atoms with van der Waals surface area (Å²) in [6.07, 6.45) is 0. The van der Waals surface area contributed by atoms with Gasteiger partial charge in [-0.3, -0.25) is 9.48 Å². The van der Waals surface area contributed by atoms with E-state index in [0.29, 0.717) is 15.7 Å².